The minimum absolute atomic E-state index is 0.461. The summed E-state index contributed by atoms with van der Waals surface area (Å²) in [5.41, 5.74) is -11.3. The molecule has 2 heterocycles. The SMILES string of the molecule is C[n+]1ccccc1N[C@@H]1CCCC[C@H]1Nc1cccc[n+]1C.O=S(=O)([O-])C(F)(F)F.O=S(=O)([O-])C(F)(F)F. The second-order valence-electron chi connectivity index (χ2n) is 7.98. The lowest BCUT2D eigenvalue weighted by atomic mass is 9.90. The van der Waals surface area contributed by atoms with Crippen molar-refractivity contribution in [3.05, 3.63) is 48.8 Å². The average Bonchev–Trinajstić information content (AvgIpc) is 2.76. The molecule has 2 N–H and O–H groups in total. The third-order valence-electron chi connectivity index (χ3n) is 5.11. The summed E-state index contributed by atoms with van der Waals surface area (Å²) in [7, 11) is -8.00. The van der Waals surface area contributed by atoms with Gasteiger partial charge in [-0.05, 0) is 37.8 Å². The first-order valence-corrected chi connectivity index (χ1v) is 13.5. The van der Waals surface area contributed by atoms with E-state index in [1.165, 1.54) is 37.3 Å². The Morgan fingerprint density at radius 3 is 1.24 bits per heavy atom. The number of alkyl halides is 6. The molecule has 3 rings (SSSR count). The number of halogens is 6. The predicted molar refractivity (Wildman–Crippen MR) is 120 cm³/mol. The van der Waals surface area contributed by atoms with Crippen molar-refractivity contribution < 1.29 is 61.4 Å². The third-order valence-corrected chi connectivity index (χ3v) is 6.24. The molecule has 1 aliphatic rings. The molecule has 0 unspecified atom stereocenters. The molecule has 1 fully saturated rings. The average molecular weight is 597 g/mol. The molecule has 10 nitrogen and oxygen atoms in total. The first kappa shape index (κ1) is 33.3. The maximum atomic E-state index is 10.7. The molecule has 0 amide bonds. The normalized spacial score (nSPS) is 18.3. The van der Waals surface area contributed by atoms with Crippen LogP contribution < -0.4 is 19.8 Å². The summed E-state index contributed by atoms with van der Waals surface area (Å²) in [6.45, 7) is 0. The molecule has 0 radical (unpaired) electrons. The molecule has 2 atom stereocenters. The van der Waals surface area contributed by atoms with Gasteiger partial charge in [-0.3, -0.25) is 10.6 Å². The van der Waals surface area contributed by atoms with Gasteiger partial charge in [0.05, 0.1) is 26.5 Å². The van der Waals surface area contributed by atoms with E-state index < -0.39 is 31.3 Å². The summed E-state index contributed by atoms with van der Waals surface area (Å²) in [6.07, 6.45) is 9.20. The lowest BCUT2D eigenvalue weighted by Gasteiger charge is -2.27. The highest BCUT2D eigenvalue weighted by Gasteiger charge is 2.37. The first-order chi connectivity index (χ1) is 17.2. The fraction of sp³-hybridized carbons (Fsp3) is 0.500. The molecule has 1 aliphatic carbocycles. The molecule has 18 heteroatoms. The van der Waals surface area contributed by atoms with Gasteiger partial charge >= 0.3 is 11.0 Å². The summed E-state index contributed by atoms with van der Waals surface area (Å²) in [4.78, 5) is 0. The van der Waals surface area contributed by atoms with Gasteiger partial charge in [-0.15, -0.1) is 0 Å². The van der Waals surface area contributed by atoms with E-state index in [0.717, 1.165) is 0 Å². The Hall–Kier alpha value is -2.70. The van der Waals surface area contributed by atoms with Crippen molar-refractivity contribution in [2.24, 2.45) is 14.1 Å². The van der Waals surface area contributed by atoms with Gasteiger partial charge in [0.2, 0.25) is 0 Å². The Bertz CT molecular complexity index is 1160. The first-order valence-electron chi connectivity index (χ1n) is 10.7. The maximum Gasteiger partial charge on any atom is 0.485 e. The molecule has 1 saturated carbocycles. The zero-order valence-electron chi connectivity index (χ0n) is 20.0. The second kappa shape index (κ2) is 13.4. The summed E-state index contributed by atoms with van der Waals surface area (Å²) in [5, 5.41) is 7.46. The van der Waals surface area contributed by atoms with Crippen LogP contribution in [0.4, 0.5) is 38.0 Å². The van der Waals surface area contributed by atoms with Crippen LogP contribution in [-0.2, 0) is 34.3 Å². The van der Waals surface area contributed by atoms with Crippen molar-refractivity contribution in [2.45, 2.75) is 48.8 Å². The number of nitrogens with zero attached hydrogens (tertiary/aromatic N) is 2. The van der Waals surface area contributed by atoms with E-state index in [4.69, 9.17) is 25.9 Å². The molecule has 0 spiro atoms. The van der Waals surface area contributed by atoms with Crippen molar-refractivity contribution in [3.63, 3.8) is 0 Å². The number of anilines is 2. The topological polar surface area (TPSA) is 146 Å². The smallest absolute Gasteiger partial charge is 0.485 e. The number of aromatic nitrogens is 2. The molecule has 0 saturated heterocycles. The third kappa shape index (κ3) is 11.0. The van der Waals surface area contributed by atoms with Crippen LogP contribution in [0.3, 0.4) is 0 Å². The molecular formula is C20H26F6N4O6S2. The van der Waals surface area contributed by atoms with Gasteiger partial charge in [0.1, 0.15) is 12.1 Å². The van der Waals surface area contributed by atoms with Crippen molar-refractivity contribution in [2.75, 3.05) is 10.6 Å². The van der Waals surface area contributed by atoms with Gasteiger partial charge in [0, 0.05) is 12.1 Å². The van der Waals surface area contributed by atoms with E-state index in [0.29, 0.717) is 12.1 Å². The number of aryl methyl sites for hydroxylation is 2. The summed E-state index contributed by atoms with van der Waals surface area (Å²) < 4.78 is 122. The van der Waals surface area contributed by atoms with E-state index in [1.54, 1.807) is 0 Å². The molecule has 2 aromatic rings. The number of hydrogen-bond donors (Lipinski definition) is 2. The van der Waals surface area contributed by atoms with Gasteiger partial charge in [-0.25, -0.2) is 26.0 Å². The Balaban J connectivity index is 0.000000374. The molecular weight excluding hydrogens is 570 g/mol. The van der Waals surface area contributed by atoms with Crippen molar-refractivity contribution in [1.82, 2.24) is 0 Å². The number of hydrogen-bond acceptors (Lipinski definition) is 8. The molecule has 2 aromatic heterocycles. The van der Waals surface area contributed by atoms with E-state index in [9.17, 15) is 26.3 Å². The minimum atomic E-state index is -6.09. The van der Waals surface area contributed by atoms with E-state index >= 15 is 0 Å². The summed E-state index contributed by atoms with van der Waals surface area (Å²) in [5.74, 6) is 2.36. The summed E-state index contributed by atoms with van der Waals surface area (Å²) >= 11 is 0. The van der Waals surface area contributed by atoms with E-state index in [1.807, 2.05) is 0 Å². The van der Waals surface area contributed by atoms with Crippen LogP contribution in [0.2, 0.25) is 0 Å². The second-order valence-corrected chi connectivity index (χ2v) is 10.7. The van der Waals surface area contributed by atoms with E-state index in [2.05, 4.69) is 82.7 Å². The lowest BCUT2D eigenvalue weighted by Crippen LogP contribution is -2.47. The van der Waals surface area contributed by atoms with Crippen LogP contribution in [0.1, 0.15) is 25.7 Å². The van der Waals surface area contributed by atoms with Crippen molar-refractivity contribution in [1.29, 1.82) is 0 Å². The van der Waals surface area contributed by atoms with Crippen LogP contribution in [0, 0.1) is 0 Å². The Kier molecular flexibility index (Phi) is 11.7. The molecule has 0 aromatic carbocycles. The summed E-state index contributed by atoms with van der Waals surface area (Å²) in [6, 6.07) is 13.5. The van der Waals surface area contributed by atoms with Crippen LogP contribution in [-0.4, -0.2) is 49.0 Å². The number of rotatable bonds is 4. The van der Waals surface area contributed by atoms with Gasteiger partial charge in [-0.1, -0.05) is 12.1 Å². The number of pyridine rings is 2. The highest BCUT2D eigenvalue weighted by atomic mass is 32.2. The molecule has 0 aliphatic heterocycles. The number of nitrogens with one attached hydrogen (secondary N) is 2. The van der Waals surface area contributed by atoms with Gasteiger partial charge in [-0.2, -0.15) is 26.3 Å². The van der Waals surface area contributed by atoms with E-state index in [-0.39, 0.29) is 0 Å². The van der Waals surface area contributed by atoms with Crippen LogP contribution in [0.25, 0.3) is 0 Å². The minimum Gasteiger partial charge on any atom is -0.741 e. The highest BCUT2D eigenvalue weighted by Crippen LogP contribution is 2.24. The zero-order chi connectivity index (χ0) is 29.4. The van der Waals surface area contributed by atoms with Gasteiger partial charge in [0.25, 0.3) is 11.6 Å². The Morgan fingerprint density at radius 2 is 1.00 bits per heavy atom. The molecule has 0 bridgehead atoms. The van der Waals surface area contributed by atoms with Crippen molar-refractivity contribution in [3.8, 4) is 0 Å². The fourth-order valence-electron chi connectivity index (χ4n) is 3.20. The van der Waals surface area contributed by atoms with Crippen LogP contribution in [0.15, 0.2) is 48.8 Å². The fourth-order valence-corrected chi connectivity index (χ4v) is 3.20. The van der Waals surface area contributed by atoms with Crippen LogP contribution >= 0.6 is 0 Å². The quantitative estimate of drug-likeness (QED) is 0.237. The Labute approximate surface area is 215 Å². The van der Waals surface area contributed by atoms with Gasteiger partial charge in [0.15, 0.2) is 20.2 Å². The monoisotopic (exact) mass is 596 g/mol. The Morgan fingerprint density at radius 1 is 0.711 bits per heavy atom. The van der Waals surface area contributed by atoms with Crippen molar-refractivity contribution >= 4 is 31.9 Å². The highest BCUT2D eigenvalue weighted by molar-refractivity contribution is 7.86. The lowest BCUT2D eigenvalue weighted by molar-refractivity contribution is -0.657. The maximum absolute atomic E-state index is 10.7. The standard InChI is InChI=1S/C18H24N4.2CHF3O3S/c1-21-13-7-5-11-17(21)19-15-9-3-4-10-16(15)20-18-12-6-8-14-22(18)2;2*2-1(3,4)8(5,6)7/h5-8,11-16H,3-4,9-10H2,1-2H3;2*(H,5,6,7)/t15-,16-;;/m1../s1. The largest absolute Gasteiger partial charge is 0.741 e. The predicted octanol–water partition coefficient (Wildman–Crippen LogP) is 2.27. The van der Waals surface area contributed by atoms with Crippen LogP contribution in [0.5, 0.6) is 0 Å². The molecule has 216 valence electrons. The zero-order valence-corrected chi connectivity index (χ0v) is 21.7. The molecule has 38 heavy (non-hydrogen) atoms. The van der Waals surface area contributed by atoms with Gasteiger partial charge < -0.3 is 9.11 Å².